The van der Waals surface area contributed by atoms with Crippen molar-refractivity contribution >= 4 is 23.5 Å². The highest BCUT2D eigenvalue weighted by atomic mass is 19.1. The topological polar surface area (TPSA) is 87.8 Å². The van der Waals surface area contributed by atoms with E-state index in [0.717, 1.165) is 12.8 Å². The van der Waals surface area contributed by atoms with Crippen molar-refractivity contribution in [2.75, 3.05) is 12.4 Å². The molecular weight excluding hydrogens is 335 g/mol. The average molecular weight is 360 g/mol. The van der Waals surface area contributed by atoms with Gasteiger partial charge in [0, 0.05) is 23.7 Å². The van der Waals surface area contributed by atoms with Crippen molar-refractivity contribution in [3.63, 3.8) is 0 Å². The van der Waals surface area contributed by atoms with Crippen molar-refractivity contribution in [3.8, 4) is 0 Å². The molecule has 0 saturated heterocycles. The molecule has 2 amide bonds. The molecule has 0 aromatic heterocycles. The number of guanidine groups is 1. The van der Waals surface area contributed by atoms with Crippen molar-refractivity contribution in [1.82, 2.24) is 4.90 Å². The smallest absolute Gasteiger partial charge is 0.237 e. The molecule has 3 N–H and O–H groups in total. The molecule has 0 radical (unpaired) electrons. The van der Waals surface area contributed by atoms with Crippen LogP contribution in [0, 0.1) is 16.6 Å². The van der Waals surface area contributed by atoms with E-state index in [9.17, 15) is 14.0 Å². The predicted octanol–water partition coefficient (Wildman–Crippen LogP) is 2.59. The highest BCUT2D eigenvalue weighted by Gasteiger charge is 2.54. The number of amides is 2. The Hall–Kier alpha value is -2.44. The van der Waals surface area contributed by atoms with E-state index in [1.807, 2.05) is 6.92 Å². The van der Waals surface area contributed by atoms with Gasteiger partial charge in [0.05, 0.1) is 5.41 Å². The van der Waals surface area contributed by atoms with Crippen LogP contribution < -0.4 is 11.1 Å². The summed E-state index contributed by atoms with van der Waals surface area (Å²) < 4.78 is 14.7. The molecule has 1 unspecified atom stereocenters. The summed E-state index contributed by atoms with van der Waals surface area (Å²) in [5.74, 6) is -0.782. The highest BCUT2D eigenvalue weighted by Crippen LogP contribution is 2.48. The SMILES string of the molecule is CN1C(=O)C(C)(C)C(C)(c2cc(NC(=O)C3(C)CC3)ccc2F)N=C1N. The summed E-state index contributed by atoms with van der Waals surface area (Å²) in [5, 5.41) is 2.85. The lowest BCUT2D eigenvalue weighted by Crippen LogP contribution is -2.58. The number of halogens is 1. The molecule has 6 nitrogen and oxygen atoms in total. The maximum Gasteiger partial charge on any atom is 0.237 e. The van der Waals surface area contributed by atoms with Crippen LogP contribution in [0.5, 0.6) is 0 Å². The number of carbonyl (C=O) groups is 2. The molecule has 1 aliphatic carbocycles. The zero-order chi connectivity index (χ0) is 19.5. The molecule has 1 heterocycles. The number of nitrogens with two attached hydrogens (primary N) is 1. The van der Waals surface area contributed by atoms with Crippen LogP contribution in [0.15, 0.2) is 23.2 Å². The van der Waals surface area contributed by atoms with E-state index in [0.29, 0.717) is 5.69 Å². The van der Waals surface area contributed by atoms with E-state index in [1.54, 1.807) is 33.9 Å². The lowest BCUT2D eigenvalue weighted by atomic mass is 9.67. The van der Waals surface area contributed by atoms with Gasteiger partial charge in [-0.3, -0.25) is 14.5 Å². The van der Waals surface area contributed by atoms with Gasteiger partial charge in [-0.1, -0.05) is 6.92 Å². The summed E-state index contributed by atoms with van der Waals surface area (Å²) >= 11 is 0. The zero-order valence-corrected chi connectivity index (χ0v) is 15.8. The summed E-state index contributed by atoms with van der Waals surface area (Å²) in [7, 11) is 1.55. The Bertz CT molecular complexity index is 829. The standard InChI is InChI=1S/C19H25FN4O2/c1-17(2)15(26)24(5)16(21)23-19(17,4)12-10-11(6-7-13(12)20)22-14(25)18(3)8-9-18/h6-7,10H,8-9H2,1-5H3,(H2,21,23)(H,22,25). The Balaban J connectivity index is 2.06. The lowest BCUT2D eigenvalue weighted by molar-refractivity contribution is -0.140. The van der Waals surface area contributed by atoms with E-state index >= 15 is 0 Å². The summed E-state index contributed by atoms with van der Waals surface area (Å²) in [6.45, 7) is 7.03. The van der Waals surface area contributed by atoms with Crippen LogP contribution in [0.25, 0.3) is 0 Å². The lowest BCUT2D eigenvalue weighted by Gasteiger charge is -2.46. The first-order chi connectivity index (χ1) is 11.9. The molecule has 0 spiro atoms. The number of nitrogens with zero attached hydrogens (tertiary/aromatic N) is 2. The quantitative estimate of drug-likeness (QED) is 0.868. The Morgan fingerprint density at radius 2 is 1.88 bits per heavy atom. The Morgan fingerprint density at radius 3 is 2.46 bits per heavy atom. The zero-order valence-electron chi connectivity index (χ0n) is 15.8. The molecule has 1 aliphatic heterocycles. The molecule has 26 heavy (non-hydrogen) atoms. The van der Waals surface area contributed by atoms with E-state index in [4.69, 9.17) is 5.73 Å². The fourth-order valence-electron chi connectivity index (χ4n) is 3.24. The molecule has 7 heteroatoms. The highest BCUT2D eigenvalue weighted by molar-refractivity contribution is 6.02. The molecule has 1 aromatic carbocycles. The van der Waals surface area contributed by atoms with Gasteiger partial charge in [0.15, 0.2) is 5.96 Å². The van der Waals surface area contributed by atoms with Crippen molar-refractivity contribution in [1.29, 1.82) is 0 Å². The molecule has 1 saturated carbocycles. The van der Waals surface area contributed by atoms with E-state index in [-0.39, 0.29) is 28.8 Å². The van der Waals surface area contributed by atoms with Gasteiger partial charge in [0.25, 0.3) is 0 Å². The summed E-state index contributed by atoms with van der Waals surface area (Å²) in [6.07, 6.45) is 1.69. The van der Waals surface area contributed by atoms with Crippen LogP contribution in [0.4, 0.5) is 10.1 Å². The molecule has 140 valence electrons. The second kappa shape index (κ2) is 5.53. The predicted molar refractivity (Wildman–Crippen MR) is 97.9 cm³/mol. The van der Waals surface area contributed by atoms with Crippen LogP contribution in [-0.4, -0.2) is 29.7 Å². The number of rotatable bonds is 3. The first kappa shape index (κ1) is 18.4. The second-order valence-corrected chi connectivity index (χ2v) is 8.24. The average Bonchev–Trinajstić information content (AvgIpc) is 3.32. The van der Waals surface area contributed by atoms with Crippen molar-refractivity contribution in [2.24, 2.45) is 21.6 Å². The van der Waals surface area contributed by atoms with Crippen molar-refractivity contribution in [3.05, 3.63) is 29.6 Å². The Morgan fingerprint density at radius 1 is 1.27 bits per heavy atom. The molecule has 3 rings (SSSR count). The van der Waals surface area contributed by atoms with Crippen molar-refractivity contribution in [2.45, 2.75) is 46.1 Å². The number of aliphatic imine (C=N–C) groups is 1. The van der Waals surface area contributed by atoms with Gasteiger partial charge >= 0.3 is 0 Å². The van der Waals surface area contributed by atoms with Gasteiger partial charge in [-0.15, -0.1) is 0 Å². The first-order valence-electron chi connectivity index (χ1n) is 8.67. The molecule has 2 aliphatic rings. The van der Waals surface area contributed by atoms with Gasteiger partial charge in [-0.25, -0.2) is 9.38 Å². The van der Waals surface area contributed by atoms with Gasteiger partial charge in [-0.2, -0.15) is 0 Å². The molecule has 1 fully saturated rings. The fourth-order valence-corrected chi connectivity index (χ4v) is 3.24. The largest absolute Gasteiger partial charge is 0.369 e. The molecular formula is C19H25FN4O2. The number of nitrogens with one attached hydrogen (secondary N) is 1. The number of hydrogen-bond donors (Lipinski definition) is 2. The van der Waals surface area contributed by atoms with E-state index in [2.05, 4.69) is 10.3 Å². The molecule has 1 aromatic rings. The Kier molecular flexibility index (Phi) is 3.90. The maximum atomic E-state index is 14.7. The van der Waals surface area contributed by atoms with Crippen LogP contribution in [0.2, 0.25) is 0 Å². The fraction of sp³-hybridized carbons (Fsp3) is 0.526. The third-order valence-corrected chi connectivity index (χ3v) is 6.03. The minimum absolute atomic E-state index is 0.0381. The third-order valence-electron chi connectivity index (χ3n) is 6.03. The third kappa shape index (κ3) is 2.57. The van der Waals surface area contributed by atoms with Crippen LogP contribution >= 0.6 is 0 Å². The monoisotopic (exact) mass is 360 g/mol. The minimum atomic E-state index is -1.20. The number of carbonyl (C=O) groups excluding carboxylic acids is 2. The van der Waals surface area contributed by atoms with Crippen LogP contribution in [-0.2, 0) is 15.1 Å². The first-order valence-corrected chi connectivity index (χ1v) is 8.67. The maximum absolute atomic E-state index is 14.7. The van der Waals surface area contributed by atoms with Crippen LogP contribution in [0.1, 0.15) is 46.1 Å². The minimum Gasteiger partial charge on any atom is -0.369 e. The number of hydrogen-bond acceptors (Lipinski definition) is 4. The normalized spacial score (nSPS) is 26.3. The summed E-state index contributed by atoms with van der Waals surface area (Å²) in [6, 6.07) is 4.36. The Labute approximate surface area is 152 Å². The van der Waals surface area contributed by atoms with Crippen molar-refractivity contribution < 1.29 is 14.0 Å². The van der Waals surface area contributed by atoms with Gasteiger partial charge < -0.3 is 11.1 Å². The number of anilines is 1. The number of benzene rings is 1. The van der Waals surface area contributed by atoms with Gasteiger partial charge in [0.2, 0.25) is 11.8 Å². The van der Waals surface area contributed by atoms with E-state index in [1.165, 1.54) is 17.0 Å². The summed E-state index contributed by atoms with van der Waals surface area (Å²) in [5.41, 5.74) is 4.05. The molecule has 0 bridgehead atoms. The van der Waals surface area contributed by atoms with E-state index < -0.39 is 16.8 Å². The summed E-state index contributed by atoms with van der Waals surface area (Å²) in [4.78, 5) is 30.8. The molecule has 1 atom stereocenters. The van der Waals surface area contributed by atoms with Gasteiger partial charge in [-0.05, 0) is 51.8 Å². The van der Waals surface area contributed by atoms with Gasteiger partial charge in [0.1, 0.15) is 11.4 Å². The van der Waals surface area contributed by atoms with Crippen LogP contribution in [0.3, 0.4) is 0 Å². The second-order valence-electron chi connectivity index (χ2n) is 8.24.